The third-order valence-corrected chi connectivity index (χ3v) is 3.19. The van der Waals surface area contributed by atoms with Gasteiger partial charge in [-0.05, 0) is 46.0 Å². The van der Waals surface area contributed by atoms with Gasteiger partial charge in [0, 0.05) is 6.54 Å². The number of ether oxygens (including phenoxy) is 1. The third-order valence-electron chi connectivity index (χ3n) is 3.19. The second kappa shape index (κ2) is 8.10. The Kier molecular flexibility index (Phi) is 6.78. The van der Waals surface area contributed by atoms with Crippen molar-refractivity contribution >= 4 is 12.1 Å². The minimum atomic E-state index is -0.484. The summed E-state index contributed by atoms with van der Waals surface area (Å²) in [6.45, 7) is 9.02. The van der Waals surface area contributed by atoms with Crippen LogP contribution in [0.3, 0.4) is 0 Å². The fraction of sp³-hybridized carbons (Fsp3) is 0.867. The minimum absolute atomic E-state index is 0.00590. The standard InChI is InChI=1S/C15H30N4O2/c1-5-6-9-17-13(16)18-10-12(11-7-8-11)19-14(20)21-15(2,3)4/h11-12H,5-10H2,1-4H3,(H,19,20)(H3,16,17,18). The van der Waals surface area contributed by atoms with Crippen molar-refractivity contribution in [2.24, 2.45) is 16.6 Å². The highest BCUT2D eigenvalue weighted by atomic mass is 16.6. The SMILES string of the molecule is CCCCNC(N)=NCC(NC(=O)OC(C)(C)C)C1CC1. The van der Waals surface area contributed by atoms with Crippen LogP contribution in [0.25, 0.3) is 0 Å². The van der Waals surface area contributed by atoms with Crippen molar-refractivity contribution in [1.82, 2.24) is 10.6 Å². The zero-order valence-corrected chi connectivity index (χ0v) is 13.7. The number of alkyl carbamates (subject to hydrolysis) is 1. The topological polar surface area (TPSA) is 88.7 Å². The van der Waals surface area contributed by atoms with E-state index in [0.717, 1.165) is 32.2 Å². The van der Waals surface area contributed by atoms with Crippen molar-refractivity contribution in [3.8, 4) is 0 Å². The lowest BCUT2D eigenvalue weighted by atomic mass is 10.2. The number of hydrogen-bond acceptors (Lipinski definition) is 3. The summed E-state index contributed by atoms with van der Waals surface area (Å²) in [6.07, 6.45) is 4.05. The van der Waals surface area contributed by atoms with Crippen molar-refractivity contribution in [2.45, 2.75) is 65.0 Å². The Morgan fingerprint density at radius 3 is 2.62 bits per heavy atom. The number of nitrogens with two attached hydrogens (primary N) is 1. The molecule has 0 aromatic heterocycles. The van der Waals surface area contributed by atoms with Gasteiger partial charge in [-0.2, -0.15) is 0 Å². The van der Waals surface area contributed by atoms with Crippen molar-refractivity contribution in [3.05, 3.63) is 0 Å². The molecule has 0 spiro atoms. The minimum Gasteiger partial charge on any atom is -0.444 e. The molecule has 0 aliphatic heterocycles. The monoisotopic (exact) mass is 298 g/mol. The number of rotatable bonds is 7. The molecule has 1 unspecified atom stereocenters. The average molecular weight is 298 g/mol. The molecule has 1 saturated carbocycles. The van der Waals surface area contributed by atoms with E-state index in [1.165, 1.54) is 0 Å². The Balaban J connectivity index is 2.40. The second-order valence-electron chi connectivity index (χ2n) is 6.60. The lowest BCUT2D eigenvalue weighted by Crippen LogP contribution is -2.43. The Morgan fingerprint density at radius 1 is 1.43 bits per heavy atom. The number of unbranched alkanes of at least 4 members (excludes halogenated alkanes) is 1. The van der Waals surface area contributed by atoms with Gasteiger partial charge in [0.25, 0.3) is 0 Å². The maximum Gasteiger partial charge on any atom is 0.407 e. The summed E-state index contributed by atoms with van der Waals surface area (Å²) >= 11 is 0. The number of aliphatic imine (C=N–C) groups is 1. The normalized spacial score (nSPS) is 17.2. The van der Waals surface area contributed by atoms with E-state index in [2.05, 4.69) is 22.5 Å². The van der Waals surface area contributed by atoms with Gasteiger partial charge in [0.1, 0.15) is 5.60 Å². The van der Waals surface area contributed by atoms with Crippen molar-refractivity contribution < 1.29 is 9.53 Å². The molecule has 0 saturated heterocycles. The summed E-state index contributed by atoms with van der Waals surface area (Å²) in [6, 6.07) is 0.00590. The Bertz CT molecular complexity index is 359. The van der Waals surface area contributed by atoms with E-state index in [4.69, 9.17) is 10.5 Å². The summed E-state index contributed by atoms with van der Waals surface area (Å²) < 4.78 is 5.29. The zero-order valence-electron chi connectivity index (χ0n) is 13.7. The lowest BCUT2D eigenvalue weighted by molar-refractivity contribution is 0.0500. The smallest absolute Gasteiger partial charge is 0.407 e. The highest BCUT2D eigenvalue weighted by molar-refractivity contribution is 5.77. The largest absolute Gasteiger partial charge is 0.444 e. The van der Waals surface area contributed by atoms with Crippen molar-refractivity contribution in [1.29, 1.82) is 0 Å². The molecule has 4 N–H and O–H groups in total. The van der Waals surface area contributed by atoms with Crippen LogP contribution in [0.15, 0.2) is 4.99 Å². The molecule has 0 bridgehead atoms. The van der Waals surface area contributed by atoms with Gasteiger partial charge in [-0.1, -0.05) is 13.3 Å². The van der Waals surface area contributed by atoms with Gasteiger partial charge in [0.05, 0.1) is 12.6 Å². The maximum atomic E-state index is 11.8. The van der Waals surface area contributed by atoms with Gasteiger partial charge >= 0.3 is 6.09 Å². The van der Waals surface area contributed by atoms with Gasteiger partial charge in [-0.25, -0.2) is 4.79 Å². The molecule has 21 heavy (non-hydrogen) atoms. The fourth-order valence-electron chi connectivity index (χ4n) is 1.92. The summed E-state index contributed by atoms with van der Waals surface area (Å²) in [5, 5.41) is 5.98. The van der Waals surface area contributed by atoms with Crippen LogP contribution in [0.4, 0.5) is 4.79 Å². The van der Waals surface area contributed by atoms with E-state index >= 15 is 0 Å². The van der Waals surface area contributed by atoms with Gasteiger partial charge in [-0.15, -0.1) is 0 Å². The van der Waals surface area contributed by atoms with Crippen LogP contribution in [0, 0.1) is 5.92 Å². The summed E-state index contributed by atoms with van der Waals surface area (Å²) in [5.41, 5.74) is 5.33. The van der Waals surface area contributed by atoms with Crippen molar-refractivity contribution in [2.75, 3.05) is 13.1 Å². The van der Waals surface area contributed by atoms with Crippen LogP contribution in [-0.4, -0.2) is 36.8 Å². The number of guanidine groups is 1. The molecule has 1 fully saturated rings. The lowest BCUT2D eigenvalue weighted by Gasteiger charge is -2.23. The van der Waals surface area contributed by atoms with Crippen LogP contribution >= 0.6 is 0 Å². The first-order valence-electron chi connectivity index (χ1n) is 7.85. The van der Waals surface area contributed by atoms with E-state index in [1.54, 1.807) is 0 Å². The number of carbonyl (C=O) groups excluding carboxylic acids is 1. The van der Waals surface area contributed by atoms with Crippen LogP contribution in [-0.2, 0) is 4.74 Å². The molecule has 1 aliphatic rings. The molecule has 6 heteroatoms. The first kappa shape index (κ1) is 17.6. The Morgan fingerprint density at radius 2 is 2.10 bits per heavy atom. The molecule has 0 aromatic rings. The summed E-state index contributed by atoms with van der Waals surface area (Å²) in [5.74, 6) is 0.935. The van der Waals surface area contributed by atoms with Crippen molar-refractivity contribution in [3.63, 3.8) is 0 Å². The highest BCUT2D eigenvalue weighted by Gasteiger charge is 2.33. The number of nitrogens with zero attached hydrogens (tertiary/aromatic N) is 1. The number of carbonyl (C=O) groups is 1. The number of nitrogens with one attached hydrogen (secondary N) is 2. The predicted molar refractivity (Wildman–Crippen MR) is 85.3 cm³/mol. The van der Waals surface area contributed by atoms with Gasteiger partial charge < -0.3 is 21.1 Å². The first-order valence-corrected chi connectivity index (χ1v) is 7.85. The van der Waals surface area contributed by atoms with Crippen LogP contribution < -0.4 is 16.4 Å². The van der Waals surface area contributed by atoms with E-state index in [1.807, 2.05) is 20.8 Å². The highest BCUT2D eigenvalue weighted by Crippen LogP contribution is 2.32. The van der Waals surface area contributed by atoms with E-state index in [-0.39, 0.29) is 12.1 Å². The zero-order chi connectivity index (χ0) is 15.9. The van der Waals surface area contributed by atoms with Gasteiger partial charge in [0.15, 0.2) is 5.96 Å². The second-order valence-corrected chi connectivity index (χ2v) is 6.60. The first-order chi connectivity index (χ1) is 9.81. The molecule has 122 valence electrons. The average Bonchev–Trinajstić information content (AvgIpc) is 3.16. The fourth-order valence-corrected chi connectivity index (χ4v) is 1.92. The molecular formula is C15H30N4O2. The van der Waals surface area contributed by atoms with Gasteiger partial charge in [-0.3, -0.25) is 4.99 Å². The number of amides is 1. The summed E-state index contributed by atoms with van der Waals surface area (Å²) in [7, 11) is 0. The molecule has 0 radical (unpaired) electrons. The molecular weight excluding hydrogens is 268 g/mol. The Hall–Kier alpha value is -1.46. The maximum absolute atomic E-state index is 11.8. The Labute approximate surface area is 127 Å². The van der Waals surface area contributed by atoms with E-state index in [9.17, 15) is 4.79 Å². The van der Waals surface area contributed by atoms with E-state index < -0.39 is 5.60 Å². The van der Waals surface area contributed by atoms with E-state index in [0.29, 0.717) is 18.4 Å². The molecule has 1 aliphatic carbocycles. The predicted octanol–water partition coefficient (Wildman–Crippen LogP) is 1.99. The van der Waals surface area contributed by atoms with Crippen LogP contribution in [0.2, 0.25) is 0 Å². The summed E-state index contributed by atoms with van der Waals surface area (Å²) in [4.78, 5) is 16.1. The molecule has 6 nitrogen and oxygen atoms in total. The molecule has 1 rings (SSSR count). The van der Waals surface area contributed by atoms with Crippen LogP contribution in [0.1, 0.15) is 53.4 Å². The number of hydrogen-bond donors (Lipinski definition) is 3. The third kappa shape index (κ3) is 8.42. The quantitative estimate of drug-likeness (QED) is 0.381. The molecule has 0 heterocycles. The molecule has 0 aromatic carbocycles. The van der Waals surface area contributed by atoms with Gasteiger partial charge in [0.2, 0.25) is 0 Å². The van der Waals surface area contributed by atoms with Crippen LogP contribution in [0.5, 0.6) is 0 Å². The molecule has 1 atom stereocenters. The molecule has 1 amide bonds.